The third kappa shape index (κ3) is 2.07. The van der Waals surface area contributed by atoms with Crippen molar-refractivity contribution in [2.45, 2.75) is 57.4 Å². The van der Waals surface area contributed by atoms with Crippen molar-refractivity contribution in [1.82, 2.24) is 4.90 Å². The van der Waals surface area contributed by atoms with Crippen molar-refractivity contribution in [1.29, 1.82) is 0 Å². The fraction of sp³-hybridized carbons (Fsp3) is 0.833. The van der Waals surface area contributed by atoms with Gasteiger partial charge in [0.05, 0.1) is 0 Å². The minimum absolute atomic E-state index is 0.856. The van der Waals surface area contributed by atoms with Gasteiger partial charge in [-0.1, -0.05) is 18.9 Å². The van der Waals surface area contributed by atoms with Gasteiger partial charge in [0.1, 0.15) is 0 Å². The Bertz CT molecular complexity index is 195. The van der Waals surface area contributed by atoms with Gasteiger partial charge in [0, 0.05) is 18.8 Å². The average Bonchev–Trinajstić information content (AvgIpc) is 2.32. The summed E-state index contributed by atoms with van der Waals surface area (Å²) in [6, 6.07) is 0.856. The molecule has 1 fully saturated rings. The zero-order valence-corrected chi connectivity index (χ0v) is 8.76. The van der Waals surface area contributed by atoms with Crippen molar-refractivity contribution in [3.8, 4) is 0 Å². The quantitative estimate of drug-likeness (QED) is 0.551. The molecule has 2 rings (SSSR count). The van der Waals surface area contributed by atoms with Crippen LogP contribution in [-0.4, -0.2) is 18.0 Å². The van der Waals surface area contributed by atoms with E-state index in [9.17, 15) is 0 Å². The molecule has 0 aliphatic carbocycles. The molecule has 2 bridgehead atoms. The van der Waals surface area contributed by atoms with Crippen LogP contribution in [0.2, 0.25) is 0 Å². The summed E-state index contributed by atoms with van der Waals surface area (Å²) in [6.45, 7) is 0. The number of hydrogen-bond donors (Lipinski definition) is 0. The van der Waals surface area contributed by atoms with Gasteiger partial charge in [0.15, 0.2) is 0 Å². The molecule has 2 aliphatic rings. The average molecular weight is 179 g/mol. The largest absolute Gasteiger partial charge is 0.375 e. The Morgan fingerprint density at radius 1 is 1.15 bits per heavy atom. The fourth-order valence-electron chi connectivity index (χ4n) is 2.67. The molecule has 2 heterocycles. The first-order valence-electron chi connectivity index (χ1n) is 5.80. The van der Waals surface area contributed by atoms with E-state index in [0.29, 0.717) is 0 Å². The highest BCUT2D eigenvalue weighted by Gasteiger charge is 2.20. The summed E-state index contributed by atoms with van der Waals surface area (Å²) in [7, 11) is 2.30. The van der Waals surface area contributed by atoms with Crippen LogP contribution < -0.4 is 0 Å². The second-order valence-electron chi connectivity index (χ2n) is 4.49. The van der Waals surface area contributed by atoms with E-state index < -0.39 is 0 Å². The second-order valence-corrected chi connectivity index (χ2v) is 4.49. The number of allylic oxidation sites excluding steroid dienone is 2. The zero-order valence-electron chi connectivity index (χ0n) is 8.76. The molecule has 2 aliphatic heterocycles. The lowest BCUT2D eigenvalue weighted by atomic mass is 10.0. The van der Waals surface area contributed by atoms with Crippen LogP contribution in [0.1, 0.15) is 51.4 Å². The lowest BCUT2D eigenvalue weighted by Crippen LogP contribution is -2.30. The Balaban J connectivity index is 2.15. The van der Waals surface area contributed by atoms with E-state index in [0.717, 1.165) is 6.04 Å². The van der Waals surface area contributed by atoms with Gasteiger partial charge in [0.2, 0.25) is 0 Å². The van der Waals surface area contributed by atoms with Gasteiger partial charge in [-0.2, -0.15) is 0 Å². The smallest absolute Gasteiger partial charge is 0.0283 e. The SMILES string of the molecule is CN1/C2=C/CCCCC1CCCC2. The van der Waals surface area contributed by atoms with Gasteiger partial charge in [-0.05, 0) is 38.5 Å². The van der Waals surface area contributed by atoms with Crippen LogP contribution in [0.25, 0.3) is 0 Å². The van der Waals surface area contributed by atoms with Crippen LogP contribution >= 0.6 is 0 Å². The van der Waals surface area contributed by atoms with E-state index >= 15 is 0 Å². The summed E-state index contributed by atoms with van der Waals surface area (Å²) in [6.07, 6.45) is 13.7. The normalized spacial score (nSPS) is 34.1. The molecule has 13 heavy (non-hydrogen) atoms. The molecule has 0 saturated carbocycles. The van der Waals surface area contributed by atoms with Crippen molar-refractivity contribution in [2.75, 3.05) is 7.05 Å². The number of nitrogens with zero attached hydrogens (tertiary/aromatic N) is 1. The molecule has 1 saturated heterocycles. The summed E-state index contributed by atoms with van der Waals surface area (Å²) in [5, 5.41) is 0. The van der Waals surface area contributed by atoms with E-state index in [-0.39, 0.29) is 0 Å². The lowest BCUT2D eigenvalue weighted by Gasteiger charge is -2.31. The second kappa shape index (κ2) is 4.17. The molecular formula is C12H21N. The monoisotopic (exact) mass is 179 g/mol. The Labute approximate surface area is 81.8 Å². The van der Waals surface area contributed by atoms with Gasteiger partial charge in [-0.25, -0.2) is 0 Å². The number of rotatable bonds is 0. The van der Waals surface area contributed by atoms with Crippen molar-refractivity contribution < 1.29 is 0 Å². The van der Waals surface area contributed by atoms with Crippen molar-refractivity contribution in [3.63, 3.8) is 0 Å². The van der Waals surface area contributed by atoms with Crippen molar-refractivity contribution >= 4 is 0 Å². The molecule has 0 aromatic carbocycles. The maximum absolute atomic E-state index is 2.56. The maximum Gasteiger partial charge on any atom is 0.0283 e. The van der Waals surface area contributed by atoms with Crippen LogP contribution in [0.5, 0.6) is 0 Å². The molecule has 74 valence electrons. The van der Waals surface area contributed by atoms with Gasteiger partial charge in [-0.15, -0.1) is 0 Å². The first-order valence-corrected chi connectivity index (χ1v) is 5.80. The standard InChI is InChI=1S/C12H21N/c1-13-11-7-3-2-4-8-12(13)10-6-5-9-11/h7,12H,2-6,8-10H2,1H3/b11-7+. The van der Waals surface area contributed by atoms with E-state index in [1.165, 1.54) is 51.4 Å². The number of hydrogen-bond acceptors (Lipinski definition) is 1. The molecule has 1 unspecified atom stereocenters. The summed E-state index contributed by atoms with van der Waals surface area (Å²) < 4.78 is 0. The fourth-order valence-corrected chi connectivity index (χ4v) is 2.67. The first kappa shape index (κ1) is 9.11. The molecule has 0 amide bonds. The molecular weight excluding hydrogens is 158 g/mol. The van der Waals surface area contributed by atoms with Crippen LogP contribution in [0.4, 0.5) is 0 Å². The predicted molar refractivity (Wildman–Crippen MR) is 56.6 cm³/mol. The molecule has 0 radical (unpaired) electrons. The molecule has 1 heteroatoms. The highest BCUT2D eigenvalue weighted by molar-refractivity contribution is 5.05. The van der Waals surface area contributed by atoms with Gasteiger partial charge in [0.25, 0.3) is 0 Å². The van der Waals surface area contributed by atoms with E-state index in [1.54, 1.807) is 5.70 Å². The third-order valence-corrected chi connectivity index (χ3v) is 3.59. The minimum Gasteiger partial charge on any atom is -0.375 e. The van der Waals surface area contributed by atoms with Gasteiger partial charge in [-0.3, -0.25) is 0 Å². The summed E-state index contributed by atoms with van der Waals surface area (Å²) in [5.74, 6) is 0. The molecule has 0 N–H and O–H groups in total. The Kier molecular flexibility index (Phi) is 2.92. The third-order valence-electron chi connectivity index (χ3n) is 3.59. The van der Waals surface area contributed by atoms with Crippen LogP contribution in [-0.2, 0) is 0 Å². The molecule has 0 aromatic rings. The van der Waals surface area contributed by atoms with Crippen LogP contribution in [0, 0.1) is 0 Å². The summed E-state index contributed by atoms with van der Waals surface area (Å²) in [5.41, 5.74) is 1.63. The first-order chi connectivity index (χ1) is 6.38. The summed E-state index contributed by atoms with van der Waals surface area (Å²) in [4.78, 5) is 2.56. The molecule has 0 aromatic heterocycles. The highest BCUT2D eigenvalue weighted by atomic mass is 15.1. The van der Waals surface area contributed by atoms with E-state index in [2.05, 4.69) is 18.0 Å². The van der Waals surface area contributed by atoms with E-state index in [4.69, 9.17) is 0 Å². The van der Waals surface area contributed by atoms with Gasteiger partial charge >= 0.3 is 0 Å². The zero-order chi connectivity index (χ0) is 9.10. The molecule has 0 spiro atoms. The molecule has 1 atom stereocenters. The highest BCUT2D eigenvalue weighted by Crippen LogP contribution is 2.28. The molecule has 1 nitrogen and oxygen atoms in total. The topological polar surface area (TPSA) is 3.24 Å². The van der Waals surface area contributed by atoms with Crippen molar-refractivity contribution in [3.05, 3.63) is 11.8 Å². The van der Waals surface area contributed by atoms with E-state index in [1.807, 2.05) is 0 Å². The Morgan fingerprint density at radius 2 is 1.92 bits per heavy atom. The maximum atomic E-state index is 2.56. The predicted octanol–water partition coefficient (Wildman–Crippen LogP) is 3.32. The Morgan fingerprint density at radius 3 is 2.77 bits per heavy atom. The lowest BCUT2D eigenvalue weighted by molar-refractivity contribution is 0.267. The summed E-state index contributed by atoms with van der Waals surface area (Å²) >= 11 is 0. The van der Waals surface area contributed by atoms with Crippen LogP contribution in [0.3, 0.4) is 0 Å². The van der Waals surface area contributed by atoms with Crippen LogP contribution in [0.15, 0.2) is 11.8 Å². The van der Waals surface area contributed by atoms with Crippen molar-refractivity contribution in [2.24, 2.45) is 0 Å². The Hall–Kier alpha value is -0.460. The minimum atomic E-state index is 0.856. The number of fused-ring (bicyclic) bond motifs is 2. The van der Waals surface area contributed by atoms with Gasteiger partial charge < -0.3 is 4.90 Å².